The molecule has 0 radical (unpaired) electrons. The Morgan fingerprint density at radius 1 is 1.32 bits per heavy atom. The van der Waals surface area contributed by atoms with Crippen LogP contribution in [0.2, 0.25) is 5.02 Å². The summed E-state index contributed by atoms with van der Waals surface area (Å²) in [5, 5.41) is 3.59. The summed E-state index contributed by atoms with van der Waals surface area (Å²) < 4.78 is 13.1. The first-order valence-corrected chi connectivity index (χ1v) is 7.24. The molecule has 102 valence electrons. The summed E-state index contributed by atoms with van der Waals surface area (Å²) in [7, 11) is 0. The van der Waals surface area contributed by atoms with E-state index < -0.39 is 5.82 Å². The standard InChI is InChI=1S/C15H17ClFNO/c16-13-8-10(1-4-14(13)17)15(19)7-9-5-11-2-3-12(6-9)18-11/h1,4,8-9,11-12,18H,2-3,5-7H2/t9?,11-,12+. The van der Waals surface area contributed by atoms with Crippen LogP contribution in [0.5, 0.6) is 0 Å². The molecule has 2 saturated heterocycles. The number of ketones is 1. The Kier molecular flexibility index (Phi) is 3.59. The second-order valence-electron chi connectivity index (χ2n) is 5.73. The number of carbonyl (C=O) groups excluding carboxylic acids is 1. The molecule has 2 aliphatic rings. The molecule has 3 rings (SSSR count). The van der Waals surface area contributed by atoms with Gasteiger partial charge in [-0.1, -0.05) is 11.6 Å². The van der Waals surface area contributed by atoms with Gasteiger partial charge in [-0.3, -0.25) is 4.79 Å². The van der Waals surface area contributed by atoms with E-state index in [2.05, 4.69) is 5.32 Å². The summed E-state index contributed by atoms with van der Waals surface area (Å²) in [6.07, 6.45) is 5.18. The van der Waals surface area contributed by atoms with Crippen LogP contribution in [-0.4, -0.2) is 17.9 Å². The van der Waals surface area contributed by atoms with E-state index in [1.165, 1.54) is 31.0 Å². The molecule has 0 spiro atoms. The van der Waals surface area contributed by atoms with Crippen LogP contribution in [0.1, 0.15) is 42.5 Å². The van der Waals surface area contributed by atoms with Crippen molar-refractivity contribution in [3.8, 4) is 0 Å². The summed E-state index contributed by atoms with van der Waals surface area (Å²) in [6, 6.07) is 5.41. The lowest BCUT2D eigenvalue weighted by Crippen LogP contribution is -2.38. The lowest BCUT2D eigenvalue weighted by atomic mass is 9.87. The maximum atomic E-state index is 13.1. The average Bonchev–Trinajstić information content (AvgIpc) is 2.72. The van der Waals surface area contributed by atoms with E-state index >= 15 is 0 Å². The quantitative estimate of drug-likeness (QED) is 0.858. The molecule has 1 aromatic rings. The number of nitrogens with one attached hydrogen (secondary N) is 1. The number of fused-ring (bicyclic) bond motifs is 2. The van der Waals surface area contributed by atoms with Gasteiger partial charge in [0.05, 0.1) is 5.02 Å². The Bertz CT molecular complexity index is 493. The van der Waals surface area contributed by atoms with Crippen molar-refractivity contribution in [2.45, 2.75) is 44.2 Å². The van der Waals surface area contributed by atoms with Gasteiger partial charge in [-0.15, -0.1) is 0 Å². The Morgan fingerprint density at radius 2 is 2.00 bits per heavy atom. The van der Waals surface area contributed by atoms with Crippen LogP contribution < -0.4 is 5.32 Å². The first kappa shape index (κ1) is 13.1. The number of hydrogen-bond acceptors (Lipinski definition) is 2. The van der Waals surface area contributed by atoms with Crippen molar-refractivity contribution in [3.05, 3.63) is 34.6 Å². The molecule has 2 nitrogen and oxygen atoms in total. The van der Waals surface area contributed by atoms with Crippen molar-refractivity contribution in [2.24, 2.45) is 5.92 Å². The molecule has 1 N–H and O–H groups in total. The van der Waals surface area contributed by atoms with E-state index in [-0.39, 0.29) is 10.8 Å². The van der Waals surface area contributed by atoms with Gasteiger partial charge in [-0.2, -0.15) is 0 Å². The average molecular weight is 282 g/mol. The van der Waals surface area contributed by atoms with Gasteiger partial charge in [0, 0.05) is 24.1 Å². The number of hydrogen-bond donors (Lipinski definition) is 1. The van der Waals surface area contributed by atoms with Crippen molar-refractivity contribution < 1.29 is 9.18 Å². The van der Waals surface area contributed by atoms with Crippen molar-refractivity contribution in [1.82, 2.24) is 5.32 Å². The fraction of sp³-hybridized carbons (Fsp3) is 0.533. The third kappa shape index (κ3) is 2.82. The molecule has 0 amide bonds. The largest absolute Gasteiger partial charge is 0.311 e. The zero-order chi connectivity index (χ0) is 13.4. The summed E-state index contributed by atoms with van der Waals surface area (Å²) in [5.41, 5.74) is 0.525. The third-order valence-corrected chi connectivity index (χ3v) is 4.58. The number of benzene rings is 1. The number of carbonyl (C=O) groups is 1. The topological polar surface area (TPSA) is 29.1 Å². The molecule has 19 heavy (non-hydrogen) atoms. The number of piperidine rings is 1. The summed E-state index contributed by atoms with van der Waals surface area (Å²) in [4.78, 5) is 12.2. The van der Waals surface area contributed by atoms with E-state index in [0.717, 1.165) is 12.8 Å². The zero-order valence-electron chi connectivity index (χ0n) is 10.7. The molecular formula is C15H17ClFNO. The second kappa shape index (κ2) is 5.22. The summed E-state index contributed by atoms with van der Waals surface area (Å²) >= 11 is 5.72. The number of halogens is 2. The van der Waals surface area contributed by atoms with Crippen LogP contribution in [0.25, 0.3) is 0 Å². The van der Waals surface area contributed by atoms with Crippen LogP contribution in [0.4, 0.5) is 4.39 Å². The Hall–Kier alpha value is -0.930. The summed E-state index contributed by atoms with van der Waals surface area (Å²) in [5.74, 6) is 0.0569. The van der Waals surface area contributed by atoms with Gasteiger partial charge in [0.2, 0.25) is 0 Å². The van der Waals surface area contributed by atoms with Crippen molar-refractivity contribution in [2.75, 3.05) is 0 Å². The van der Waals surface area contributed by atoms with E-state index in [1.54, 1.807) is 0 Å². The van der Waals surface area contributed by atoms with E-state index in [0.29, 0.717) is 30.0 Å². The molecule has 2 bridgehead atoms. The molecule has 2 aliphatic heterocycles. The van der Waals surface area contributed by atoms with Crippen LogP contribution in [0.15, 0.2) is 18.2 Å². The maximum absolute atomic E-state index is 13.1. The summed E-state index contributed by atoms with van der Waals surface area (Å²) in [6.45, 7) is 0. The van der Waals surface area contributed by atoms with Gasteiger partial charge in [0.25, 0.3) is 0 Å². The van der Waals surface area contributed by atoms with E-state index in [9.17, 15) is 9.18 Å². The molecule has 1 unspecified atom stereocenters. The molecule has 3 atom stereocenters. The monoisotopic (exact) mass is 281 g/mol. The molecule has 2 heterocycles. The van der Waals surface area contributed by atoms with Crippen LogP contribution >= 0.6 is 11.6 Å². The van der Waals surface area contributed by atoms with Crippen molar-refractivity contribution in [1.29, 1.82) is 0 Å². The molecule has 1 aromatic carbocycles. The van der Waals surface area contributed by atoms with Gasteiger partial charge in [-0.25, -0.2) is 4.39 Å². The van der Waals surface area contributed by atoms with Gasteiger partial charge in [0.15, 0.2) is 5.78 Å². The van der Waals surface area contributed by atoms with Gasteiger partial charge in [0.1, 0.15) is 5.82 Å². The molecule has 0 saturated carbocycles. The highest BCUT2D eigenvalue weighted by Crippen LogP contribution is 2.33. The van der Waals surface area contributed by atoms with Crippen molar-refractivity contribution in [3.63, 3.8) is 0 Å². The molecule has 2 fully saturated rings. The normalized spacial score (nSPS) is 29.5. The predicted octanol–water partition coefficient (Wildman–Crippen LogP) is 3.58. The Balaban J connectivity index is 1.66. The minimum absolute atomic E-state index is 0.0243. The van der Waals surface area contributed by atoms with Crippen LogP contribution in [0, 0.1) is 11.7 Å². The first-order valence-electron chi connectivity index (χ1n) is 6.86. The minimum atomic E-state index is -0.474. The lowest BCUT2D eigenvalue weighted by molar-refractivity contribution is 0.0945. The van der Waals surface area contributed by atoms with Gasteiger partial charge in [-0.05, 0) is 49.8 Å². The minimum Gasteiger partial charge on any atom is -0.311 e. The predicted molar refractivity (Wildman–Crippen MR) is 73.0 cm³/mol. The first-order chi connectivity index (χ1) is 9.11. The zero-order valence-corrected chi connectivity index (χ0v) is 11.4. The van der Waals surface area contributed by atoms with Crippen molar-refractivity contribution >= 4 is 17.4 Å². The van der Waals surface area contributed by atoms with E-state index in [1.807, 2.05) is 0 Å². The van der Waals surface area contributed by atoms with Gasteiger partial charge < -0.3 is 5.32 Å². The lowest BCUT2D eigenvalue weighted by Gasteiger charge is -2.28. The number of rotatable bonds is 3. The SMILES string of the molecule is O=C(CC1C[C@H]2CC[C@@H](C1)N2)c1ccc(F)c(Cl)c1. The molecule has 0 aliphatic carbocycles. The highest BCUT2D eigenvalue weighted by atomic mass is 35.5. The van der Waals surface area contributed by atoms with Crippen LogP contribution in [0.3, 0.4) is 0 Å². The Labute approximate surface area is 117 Å². The fourth-order valence-corrected chi connectivity index (χ4v) is 3.57. The smallest absolute Gasteiger partial charge is 0.163 e. The van der Waals surface area contributed by atoms with Crippen LogP contribution in [-0.2, 0) is 0 Å². The second-order valence-corrected chi connectivity index (χ2v) is 6.14. The fourth-order valence-electron chi connectivity index (χ4n) is 3.39. The maximum Gasteiger partial charge on any atom is 0.163 e. The van der Waals surface area contributed by atoms with E-state index in [4.69, 9.17) is 11.6 Å². The molecule has 4 heteroatoms. The molecule has 0 aromatic heterocycles. The number of Topliss-reactive ketones (excluding diaryl/α,β-unsaturated/α-hetero) is 1. The Morgan fingerprint density at radius 3 is 2.63 bits per heavy atom. The molecular weight excluding hydrogens is 265 g/mol. The highest BCUT2D eigenvalue weighted by Gasteiger charge is 2.34. The highest BCUT2D eigenvalue weighted by molar-refractivity contribution is 6.31. The van der Waals surface area contributed by atoms with Gasteiger partial charge >= 0.3 is 0 Å². The third-order valence-electron chi connectivity index (χ3n) is 4.29.